The summed E-state index contributed by atoms with van der Waals surface area (Å²) < 4.78 is 0. The molecule has 0 N–H and O–H groups in total. The van der Waals surface area contributed by atoms with Gasteiger partial charge in [0, 0.05) is 56.4 Å². The van der Waals surface area contributed by atoms with Gasteiger partial charge in [0.15, 0.2) is 0 Å². The molecule has 0 radical (unpaired) electrons. The highest BCUT2D eigenvalue weighted by molar-refractivity contribution is 8.00. The maximum absolute atomic E-state index is 5.13. The number of thioether (sulfide) groups is 1. The Balaban J connectivity index is 0.733. The Bertz CT molecular complexity index is 5550. The van der Waals surface area contributed by atoms with E-state index in [-0.39, 0.29) is 0 Å². The fraction of sp³-hybridized carbons (Fsp3) is 0.0247. The molecule has 0 bridgehead atoms. The lowest BCUT2D eigenvalue weighted by molar-refractivity contribution is 0.882. The average Bonchev–Trinajstić information content (AvgIpc) is 2.55. The van der Waals surface area contributed by atoms with E-state index in [0.29, 0.717) is 11.2 Å². The zero-order valence-corrected chi connectivity index (χ0v) is 46.9. The third-order valence-corrected chi connectivity index (χ3v) is 19.7. The molecular weight excluding hydrogens is 1050 g/mol. The molecule has 0 saturated heterocycles. The van der Waals surface area contributed by atoms with Crippen molar-refractivity contribution in [1.29, 1.82) is 0 Å². The van der Waals surface area contributed by atoms with Crippen molar-refractivity contribution in [1.82, 2.24) is 15.0 Å². The molecule has 394 valence electrons. The first-order valence-electron chi connectivity index (χ1n) is 29.3. The van der Waals surface area contributed by atoms with Crippen molar-refractivity contribution in [2.24, 2.45) is 0 Å². The van der Waals surface area contributed by atoms with Crippen molar-refractivity contribution in [2.45, 2.75) is 16.1 Å². The maximum Gasteiger partial charge on any atom is 0.0971 e. The van der Waals surface area contributed by atoms with E-state index in [0.717, 1.165) is 49.8 Å². The van der Waals surface area contributed by atoms with Gasteiger partial charge in [-0.3, -0.25) is 15.0 Å². The van der Waals surface area contributed by atoms with Crippen LogP contribution in [0.2, 0.25) is 0 Å². The van der Waals surface area contributed by atoms with Gasteiger partial charge in [-0.2, -0.15) is 0 Å². The van der Waals surface area contributed by atoms with Crippen LogP contribution in [-0.2, 0) is 0 Å². The van der Waals surface area contributed by atoms with Crippen LogP contribution in [0.25, 0.3) is 164 Å². The summed E-state index contributed by atoms with van der Waals surface area (Å²) in [5.41, 5.74) is 17.3. The lowest BCUT2D eigenvalue weighted by Gasteiger charge is -2.17. The van der Waals surface area contributed by atoms with Crippen LogP contribution in [0, 0.1) is 0 Å². The van der Waals surface area contributed by atoms with Crippen LogP contribution in [0.3, 0.4) is 0 Å². The first-order valence-corrected chi connectivity index (χ1v) is 30.1. The summed E-state index contributed by atoms with van der Waals surface area (Å²) in [7, 11) is 0. The van der Waals surface area contributed by atoms with Crippen LogP contribution in [0.1, 0.15) is 11.5 Å². The molecule has 3 heterocycles. The van der Waals surface area contributed by atoms with Crippen molar-refractivity contribution in [2.75, 3.05) is 0 Å². The van der Waals surface area contributed by atoms with E-state index in [9.17, 15) is 0 Å². The Morgan fingerprint density at radius 2 is 0.682 bits per heavy atom. The number of fused-ring (bicyclic) bond motifs is 21. The Hall–Kier alpha value is -10.5. The smallest absolute Gasteiger partial charge is 0.0971 e. The highest BCUT2D eigenvalue weighted by Crippen LogP contribution is 2.54. The molecule has 16 aromatic rings. The molecule has 85 heavy (non-hydrogen) atoms. The molecule has 18 rings (SSSR count). The van der Waals surface area contributed by atoms with Crippen LogP contribution in [0.5, 0.6) is 0 Å². The summed E-state index contributed by atoms with van der Waals surface area (Å²) in [6.45, 7) is 0. The summed E-state index contributed by atoms with van der Waals surface area (Å²) in [6, 6.07) is 90.3. The predicted octanol–water partition coefficient (Wildman–Crippen LogP) is 21.9. The van der Waals surface area contributed by atoms with Gasteiger partial charge in [-0.25, -0.2) is 0 Å². The zero-order chi connectivity index (χ0) is 55.7. The first kappa shape index (κ1) is 48.1. The summed E-state index contributed by atoms with van der Waals surface area (Å²) in [6.07, 6.45) is 14.9. The van der Waals surface area contributed by atoms with E-state index >= 15 is 0 Å². The number of hydrogen-bond acceptors (Lipinski definition) is 4. The molecule has 3 nitrogen and oxygen atoms in total. The number of hydrogen-bond donors (Lipinski definition) is 0. The quantitative estimate of drug-likeness (QED) is 0.156. The highest BCUT2D eigenvalue weighted by Gasteiger charge is 2.34. The van der Waals surface area contributed by atoms with E-state index in [1.165, 1.54) is 125 Å². The van der Waals surface area contributed by atoms with E-state index in [1.807, 2.05) is 11.8 Å². The molecule has 4 heteroatoms. The highest BCUT2D eigenvalue weighted by atomic mass is 32.2. The Morgan fingerprint density at radius 1 is 0.271 bits per heavy atom. The molecule has 1 aliphatic heterocycles. The van der Waals surface area contributed by atoms with E-state index in [2.05, 4.69) is 273 Å². The van der Waals surface area contributed by atoms with Crippen LogP contribution in [-0.4, -0.2) is 20.2 Å². The largest absolute Gasteiger partial charge is 0.256 e. The third-order valence-electron chi connectivity index (χ3n) is 18.3. The van der Waals surface area contributed by atoms with Gasteiger partial charge in [-0.15, -0.1) is 11.8 Å². The normalized spacial score (nSPS) is 14.7. The molecule has 2 unspecified atom stereocenters. The lowest BCUT2D eigenvalue weighted by atomic mass is 9.86. The summed E-state index contributed by atoms with van der Waals surface area (Å²) in [4.78, 5) is 16.2. The minimum atomic E-state index is 0.297. The van der Waals surface area contributed by atoms with Gasteiger partial charge in [0.05, 0.1) is 16.7 Å². The Morgan fingerprint density at radius 3 is 1.29 bits per heavy atom. The second-order valence-corrected chi connectivity index (χ2v) is 24.1. The van der Waals surface area contributed by atoms with Crippen molar-refractivity contribution < 1.29 is 0 Å². The van der Waals surface area contributed by atoms with Gasteiger partial charge in [0.25, 0.3) is 0 Å². The van der Waals surface area contributed by atoms with Crippen molar-refractivity contribution in [3.63, 3.8) is 0 Å². The van der Waals surface area contributed by atoms with Gasteiger partial charge in [0.1, 0.15) is 0 Å². The van der Waals surface area contributed by atoms with Crippen molar-refractivity contribution >= 4 is 109 Å². The number of nitrogens with zero attached hydrogens (tertiary/aromatic N) is 3. The minimum absolute atomic E-state index is 0.297. The lowest BCUT2D eigenvalue weighted by Crippen LogP contribution is -2.06. The molecule has 0 saturated carbocycles. The van der Waals surface area contributed by atoms with Crippen LogP contribution >= 0.6 is 11.8 Å². The summed E-state index contributed by atoms with van der Waals surface area (Å²) >= 11 is 2.00. The molecular formula is C81H49N3S. The van der Waals surface area contributed by atoms with Gasteiger partial charge in [-0.05, 0) is 186 Å². The summed E-state index contributed by atoms with van der Waals surface area (Å²) in [5, 5.41) is 19.9. The standard InChI is InChI=1S/C81H49N3S/c1-5-25-63-58(20-1)59-21-3-6-26-64(59)76-47-84-77(46-73(63)76)56-19-13-17-51(40-56)50-16-12-18-55(39-50)70-44-57(45-75-68-27-9-10-29-78(68)85-81(70)75)54-32-33-65-60-22-2-4-24-62(60)71-41-52(31-35-67(71)72(65)42-54)48-14-11-15-49(38-48)53-30-34-66-61-23-7-8-28-69(61)79-80(74(66)43-53)83-37-36-82-79/h1-47,68,78H. The molecule has 0 spiro atoms. The zero-order valence-electron chi connectivity index (χ0n) is 46.0. The number of benzene rings is 14. The van der Waals surface area contributed by atoms with Crippen LogP contribution in [0.4, 0.5) is 0 Å². The third kappa shape index (κ3) is 7.65. The van der Waals surface area contributed by atoms with Crippen LogP contribution in [0.15, 0.2) is 290 Å². The minimum Gasteiger partial charge on any atom is -0.256 e. The number of rotatable bonds is 6. The molecule has 1 aliphatic carbocycles. The topological polar surface area (TPSA) is 38.7 Å². The van der Waals surface area contributed by atoms with E-state index < -0.39 is 0 Å². The van der Waals surface area contributed by atoms with Crippen LogP contribution < -0.4 is 0 Å². The predicted molar refractivity (Wildman–Crippen MR) is 361 cm³/mol. The van der Waals surface area contributed by atoms with Crippen molar-refractivity contribution in [3.05, 3.63) is 291 Å². The average molecular weight is 1100 g/mol. The van der Waals surface area contributed by atoms with E-state index in [1.54, 1.807) is 12.4 Å². The fourth-order valence-corrected chi connectivity index (χ4v) is 15.7. The Labute approximate surface area is 494 Å². The van der Waals surface area contributed by atoms with E-state index in [4.69, 9.17) is 15.0 Å². The molecule has 2 aliphatic rings. The number of aromatic nitrogens is 3. The maximum atomic E-state index is 5.13. The van der Waals surface area contributed by atoms with Gasteiger partial charge in [-0.1, -0.05) is 212 Å². The molecule has 14 aromatic carbocycles. The van der Waals surface area contributed by atoms with Gasteiger partial charge < -0.3 is 0 Å². The van der Waals surface area contributed by atoms with Gasteiger partial charge in [0.2, 0.25) is 0 Å². The van der Waals surface area contributed by atoms with Crippen molar-refractivity contribution in [3.8, 4) is 66.9 Å². The fourth-order valence-electron chi connectivity index (χ4n) is 14.2. The monoisotopic (exact) mass is 1100 g/mol. The number of allylic oxidation sites excluding steroid dienone is 3. The summed E-state index contributed by atoms with van der Waals surface area (Å²) in [5.74, 6) is 0.297. The molecule has 0 fully saturated rings. The first-order chi connectivity index (χ1) is 42.1. The second-order valence-electron chi connectivity index (χ2n) is 22.9. The SMILES string of the molecule is C1=CC2Sc3c(-c4cccc(-c5cccc(-c6cc7c8ccccc8c8ccccc8c7cn6)c5)c4)cc(-c4ccc5c6ccccc6c6cc(-c7cccc(-c8ccc9c%10ccccc%10c%10nccnc%10c9c8)c7)ccc6c5c4)cc3C2C=C1. The molecule has 2 aromatic heterocycles. The molecule has 2 atom stereocenters. The Kier molecular flexibility index (Phi) is 10.7. The van der Waals surface area contributed by atoms with Gasteiger partial charge >= 0.3 is 0 Å². The molecule has 0 amide bonds. The second kappa shape index (κ2) is 19.0. The number of pyridine rings is 1.